The number of amides is 1. The number of benzene rings is 1. The SMILES string of the molecule is CSc1cnc(C[C@H]2CC[C@H](Cc3nc4ccc(C(=O)NCC(O)C(F)(F)F)cc4s3)C2)nc1. The zero-order valence-corrected chi connectivity index (χ0v) is 20.1. The monoisotopic (exact) mass is 510 g/mol. The fraction of sp³-hybridized carbons (Fsp3) is 0.478. The van der Waals surface area contributed by atoms with Crippen molar-refractivity contribution in [3.8, 4) is 0 Å². The summed E-state index contributed by atoms with van der Waals surface area (Å²) in [5.41, 5.74) is 1.01. The molecule has 0 radical (unpaired) electrons. The molecule has 6 nitrogen and oxygen atoms in total. The minimum Gasteiger partial charge on any atom is -0.382 e. The number of hydrogen-bond donors (Lipinski definition) is 2. The number of nitrogens with zero attached hydrogens (tertiary/aromatic N) is 3. The number of thioether (sulfide) groups is 1. The van der Waals surface area contributed by atoms with Crippen molar-refractivity contribution in [1.82, 2.24) is 20.3 Å². The third-order valence-corrected chi connectivity index (χ3v) is 7.75. The molecule has 3 atom stereocenters. The number of aliphatic hydroxyl groups excluding tert-OH is 1. The lowest BCUT2D eigenvalue weighted by Gasteiger charge is -2.14. The molecule has 2 N–H and O–H groups in total. The van der Waals surface area contributed by atoms with Crippen molar-refractivity contribution in [1.29, 1.82) is 0 Å². The Kier molecular flexibility index (Phi) is 7.73. The largest absolute Gasteiger partial charge is 0.416 e. The summed E-state index contributed by atoms with van der Waals surface area (Å²) in [4.78, 5) is 26.9. The predicted molar refractivity (Wildman–Crippen MR) is 126 cm³/mol. The fourth-order valence-electron chi connectivity index (χ4n) is 4.22. The Morgan fingerprint density at radius 2 is 1.94 bits per heavy atom. The van der Waals surface area contributed by atoms with Gasteiger partial charge in [0, 0.05) is 35.7 Å². The van der Waals surface area contributed by atoms with Crippen LogP contribution in [0.3, 0.4) is 0 Å². The molecule has 0 bridgehead atoms. The number of aromatic nitrogens is 3. The van der Waals surface area contributed by atoms with Crippen molar-refractivity contribution < 1.29 is 23.1 Å². The molecule has 11 heteroatoms. The number of nitrogens with one attached hydrogen (secondary N) is 1. The maximum atomic E-state index is 12.4. The molecule has 0 saturated heterocycles. The second-order valence-electron chi connectivity index (χ2n) is 8.55. The highest BCUT2D eigenvalue weighted by molar-refractivity contribution is 7.98. The Bertz CT molecular complexity index is 1140. The molecule has 1 amide bonds. The second kappa shape index (κ2) is 10.6. The van der Waals surface area contributed by atoms with E-state index in [1.807, 2.05) is 18.6 Å². The quantitative estimate of drug-likeness (QED) is 0.429. The van der Waals surface area contributed by atoms with Crippen molar-refractivity contribution in [2.45, 2.75) is 49.3 Å². The maximum absolute atomic E-state index is 12.4. The van der Waals surface area contributed by atoms with Gasteiger partial charge in [-0.3, -0.25) is 4.79 Å². The van der Waals surface area contributed by atoms with E-state index in [-0.39, 0.29) is 5.56 Å². The molecule has 2 heterocycles. The third kappa shape index (κ3) is 6.25. The second-order valence-corrected chi connectivity index (χ2v) is 10.5. The molecular weight excluding hydrogens is 485 g/mol. The van der Waals surface area contributed by atoms with E-state index in [0.29, 0.717) is 11.8 Å². The Labute approximate surface area is 203 Å². The van der Waals surface area contributed by atoms with Gasteiger partial charge in [0.05, 0.1) is 21.8 Å². The zero-order valence-electron chi connectivity index (χ0n) is 18.5. The number of fused-ring (bicyclic) bond motifs is 1. The standard InChI is InChI=1S/C23H25F3N4O2S2/c1-33-16-10-27-20(28-11-16)7-13-2-3-14(6-13)8-21-30-17-5-4-15(9-18(17)34-21)22(32)29-12-19(31)23(24,25)26/h4-5,9-11,13-14,19,31H,2-3,6-8,12H2,1H3,(H,29,32)/t13-,14-,19?/m0/s1. The van der Waals surface area contributed by atoms with Gasteiger partial charge < -0.3 is 10.4 Å². The minimum absolute atomic E-state index is 0.241. The number of hydrogen-bond acceptors (Lipinski definition) is 7. The predicted octanol–water partition coefficient (Wildman–Crippen LogP) is 4.66. The average Bonchev–Trinajstić information content (AvgIpc) is 3.42. The molecular formula is C23H25F3N4O2S2. The topological polar surface area (TPSA) is 88.0 Å². The lowest BCUT2D eigenvalue weighted by molar-refractivity contribution is -0.201. The van der Waals surface area contributed by atoms with E-state index in [0.717, 1.165) is 58.0 Å². The number of rotatable bonds is 8. The van der Waals surface area contributed by atoms with Crippen LogP contribution in [0.15, 0.2) is 35.5 Å². The van der Waals surface area contributed by atoms with Crippen LogP contribution in [0.5, 0.6) is 0 Å². The van der Waals surface area contributed by atoms with Crippen LogP contribution in [0.2, 0.25) is 0 Å². The Morgan fingerprint density at radius 1 is 1.24 bits per heavy atom. The van der Waals surface area contributed by atoms with Gasteiger partial charge in [-0.25, -0.2) is 15.0 Å². The summed E-state index contributed by atoms with van der Waals surface area (Å²) in [6.07, 6.45) is 3.48. The van der Waals surface area contributed by atoms with Crippen LogP contribution in [0.1, 0.15) is 40.5 Å². The van der Waals surface area contributed by atoms with E-state index in [4.69, 9.17) is 5.11 Å². The molecule has 1 aliphatic carbocycles. The summed E-state index contributed by atoms with van der Waals surface area (Å²) in [6, 6.07) is 4.88. The molecule has 1 saturated carbocycles. The molecule has 1 unspecified atom stereocenters. The number of carbonyl (C=O) groups is 1. The van der Waals surface area contributed by atoms with Crippen LogP contribution < -0.4 is 5.32 Å². The molecule has 34 heavy (non-hydrogen) atoms. The first-order chi connectivity index (χ1) is 16.2. The molecule has 1 fully saturated rings. The van der Waals surface area contributed by atoms with E-state index in [9.17, 15) is 18.0 Å². The molecule has 2 aromatic heterocycles. The zero-order chi connectivity index (χ0) is 24.3. The first-order valence-corrected chi connectivity index (χ1v) is 13.0. The summed E-state index contributed by atoms with van der Waals surface area (Å²) in [6.45, 7) is -0.885. The van der Waals surface area contributed by atoms with Gasteiger partial charge in [-0.2, -0.15) is 13.2 Å². The third-order valence-electron chi connectivity index (χ3n) is 6.03. The van der Waals surface area contributed by atoms with Crippen LogP contribution in [0.25, 0.3) is 10.2 Å². The Balaban J connectivity index is 1.33. The molecule has 0 aliphatic heterocycles. The first kappa shape index (κ1) is 24.9. The minimum atomic E-state index is -4.77. The summed E-state index contributed by atoms with van der Waals surface area (Å²) < 4.78 is 38.1. The van der Waals surface area contributed by atoms with Gasteiger partial charge in [-0.1, -0.05) is 0 Å². The first-order valence-electron chi connectivity index (χ1n) is 11.0. The van der Waals surface area contributed by atoms with Crippen molar-refractivity contribution in [3.05, 3.63) is 47.0 Å². The normalized spacial score (nSPS) is 19.4. The van der Waals surface area contributed by atoms with Gasteiger partial charge in [0.25, 0.3) is 5.91 Å². The number of carbonyl (C=O) groups excluding carboxylic acids is 1. The van der Waals surface area contributed by atoms with Gasteiger partial charge in [0.15, 0.2) is 6.10 Å². The van der Waals surface area contributed by atoms with Gasteiger partial charge in [-0.15, -0.1) is 23.1 Å². The van der Waals surface area contributed by atoms with Gasteiger partial charge >= 0.3 is 6.18 Å². The highest BCUT2D eigenvalue weighted by Crippen LogP contribution is 2.36. The lowest BCUT2D eigenvalue weighted by atomic mass is 9.99. The maximum Gasteiger partial charge on any atom is 0.416 e. The summed E-state index contributed by atoms with van der Waals surface area (Å²) >= 11 is 3.13. The average molecular weight is 511 g/mol. The van der Waals surface area contributed by atoms with Crippen LogP contribution in [-0.2, 0) is 12.8 Å². The van der Waals surface area contributed by atoms with Gasteiger partial charge in [-0.05, 0) is 55.6 Å². The molecule has 1 aromatic carbocycles. The van der Waals surface area contributed by atoms with Crippen LogP contribution in [0.4, 0.5) is 13.2 Å². The Morgan fingerprint density at radius 3 is 2.62 bits per heavy atom. The van der Waals surface area contributed by atoms with E-state index >= 15 is 0 Å². The number of halogens is 3. The summed E-state index contributed by atoms with van der Waals surface area (Å²) in [7, 11) is 0. The lowest BCUT2D eigenvalue weighted by Crippen LogP contribution is -2.40. The van der Waals surface area contributed by atoms with E-state index in [1.165, 1.54) is 17.4 Å². The number of thiazole rings is 1. The number of alkyl halides is 3. The van der Waals surface area contributed by atoms with Crippen LogP contribution in [0, 0.1) is 11.8 Å². The van der Waals surface area contributed by atoms with Gasteiger partial charge in [0.2, 0.25) is 0 Å². The summed E-state index contributed by atoms with van der Waals surface area (Å²) in [5.74, 6) is 1.31. The van der Waals surface area contributed by atoms with Crippen molar-refractivity contribution in [2.24, 2.45) is 11.8 Å². The Hall–Kier alpha value is -2.24. The summed E-state index contributed by atoms with van der Waals surface area (Å²) in [5, 5.41) is 12.2. The smallest absolute Gasteiger partial charge is 0.382 e. The van der Waals surface area contributed by atoms with E-state index < -0.39 is 24.7 Å². The van der Waals surface area contributed by atoms with Crippen molar-refractivity contribution >= 4 is 39.2 Å². The highest BCUT2D eigenvalue weighted by atomic mass is 32.2. The number of aliphatic hydroxyl groups is 1. The molecule has 4 rings (SSSR count). The van der Waals surface area contributed by atoms with Crippen LogP contribution >= 0.6 is 23.1 Å². The molecule has 1 aliphatic rings. The van der Waals surface area contributed by atoms with Crippen LogP contribution in [-0.4, -0.2) is 51.0 Å². The highest BCUT2D eigenvalue weighted by Gasteiger charge is 2.38. The van der Waals surface area contributed by atoms with Gasteiger partial charge in [0.1, 0.15) is 5.82 Å². The van der Waals surface area contributed by atoms with E-state index in [1.54, 1.807) is 23.9 Å². The van der Waals surface area contributed by atoms with Crippen molar-refractivity contribution in [3.63, 3.8) is 0 Å². The fourth-order valence-corrected chi connectivity index (χ4v) is 5.65. The molecule has 0 spiro atoms. The van der Waals surface area contributed by atoms with Crippen molar-refractivity contribution in [2.75, 3.05) is 12.8 Å². The molecule has 3 aromatic rings. The molecule has 182 valence electrons. The van der Waals surface area contributed by atoms with E-state index in [2.05, 4.69) is 20.3 Å².